The Balaban J connectivity index is 2.53. The first-order valence-electron chi connectivity index (χ1n) is 5.15. The van der Waals surface area contributed by atoms with Gasteiger partial charge in [-0.2, -0.15) is 0 Å². The second-order valence-corrected chi connectivity index (χ2v) is 4.76. The van der Waals surface area contributed by atoms with Crippen molar-refractivity contribution in [2.24, 2.45) is 0 Å². The molecule has 0 aliphatic heterocycles. The molecule has 80 valence electrons. The third-order valence-electron chi connectivity index (χ3n) is 2.08. The zero-order valence-electron chi connectivity index (χ0n) is 9.29. The molecule has 1 heterocycles. The maximum atomic E-state index is 3.57. The van der Waals surface area contributed by atoms with Crippen LogP contribution in [0.5, 0.6) is 0 Å². The third kappa shape index (κ3) is 3.78. The van der Waals surface area contributed by atoms with Crippen molar-refractivity contribution in [2.45, 2.75) is 19.4 Å². The summed E-state index contributed by atoms with van der Waals surface area (Å²) in [6.07, 6.45) is 1.19. The van der Waals surface area contributed by atoms with Crippen molar-refractivity contribution in [3.63, 3.8) is 0 Å². The third-order valence-corrected chi connectivity index (χ3v) is 3.06. The topological polar surface area (TPSA) is 15.3 Å². The number of hydrogen-bond acceptors (Lipinski definition) is 3. The van der Waals surface area contributed by atoms with E-state index >= 15 is 0 Å². The highest BCUT2D eigenvalue weighted by Crippen LogP contribution is 2.19. The van der Waals surface area contributed by atoms with Crippen LogP contribution in [0.4, 0.5) is 0 Å². The minimum absolute atomic E-state index is 0.491. The molecule has 1 N–H and O–H groups in total. The fourth-order valence-electron chi connectivity index (χ4n) is 1.43. The Morgan fingerprint density at radius 3 is 2.79 bits per heavy atom. The number of nitrogens with one attached hydrogen (secondary N) is 1. The van der Waals surface area contributed by atoms with Gasteiger partial charge in [0.2, 0.25) is 0 Å². The summed E-state index contributed by atoms with van der Waals surface area (Å²) in [6, 6.07) is 4.82. The average molecular weight is 212 g/mol. The van der Waals surface area contributed by atoms with Gasteiger partial charge in [0, 0.05) is 11.4 Å². The molecule has 0 amide bonds. The van der Waals surface area contributed by atoms with E-state index in [2.05, 4.69) is 48.7 Å². The quantitative estimate of drug-likeness (QED) is 0.778. The first-order valence-corrected chi connectivity index (χ1v) is 6.03. The van der Waals surface area contributed by atoms with Crippen LogP contribution in [0.15, 0.2) is 17.5 Å². The molecule has 1 atom stereocenters. The number of likely N-dealkylation sites (N-methyl/N-ethyl adjacent to an activating group) is 1. The van der Waals surface area contributed by atoms with Gasteiger partial charge in [-0.3, -0.25) is 0 Å². The number of hydrogen-bond donors (Lipinski definition) is 1. The Kier molecular flexibility index (Phi) is 5.15. The van der Waals surface area contributed by atoms with Crippen LogP contribution in [0.2, 0.25) is 0 Å². The first-order chi connectivity index (χ1) is 6.74. The number of nitrogens with zero attached hydrogens (tertiary/aromatic N) is 1. The first kappa shape index (κ1) is 11.7. The lowest BCUT2D eigenvalue weighted by Crippen LogP contribution is -2.31. The Morgan fingerprint density at radius 2 is 2.29 bits per heavy atom. The van der Waals surface area contributed by atoms with E-state index in [0.717, 1.165) is 13.1 Å². The summed E-state index contributed by atoms with van der Waals surface area (Å²) >= 11 is 1.83. The van der Waals surface area contributed by atoms with Gasteiger partial charge in [0.15, 0.2) is 0 Å². The van der Waals surface area contributed by atoms with Crippen molar-refractivity contribution in [2.75, 3.05) is 27.2 Å². The molecule has 0 radical (unpaired) electrons. The summed E-state index contributed by atoms with van der Waals surface area (Å²) in [5.41, 5.74) is 0. The minimum Gasteiger partial charge on any atom is -0.308 e. The number of rotatable bonds is 6. The standard InChI is InChI=1S/C11H20N2S/c1-4-7-12-10(9-13(2)3)11-6-5-8-14-11/h5-6,8,10,12H,4,7,9H2,1-3H3. The Hall–Kier alpha value is -0.380. The van der Waals surface area contributed by atoms with Crippen molar-refractivity contribution >= 4 is 11.3 Å². The van der Waals surface area contributed by atoms with Gasteiger partial charge in [0.05, 0.1) is 6.04 Å². The summed E-state index contributed by atoms with van der Waals surface area (Å²) in [6.45, 7) is 4.37. The van der Waals surface area contributed by atoms with Crippen molar-refractivity contribution in [3.05, 3.63) is 22.4 Å². The van der Waals surface area contributed by atoms with Gasteiger partial charge in [0.25, 0.3) is 0 Å². The van der Waals surface area contributed by atoms with Crippen LogP contribution in [0, 0.1) is 0 Å². The highest BCUT2D eigenvalue weighted by atomic mass is 32.1. The fourth-order valence-corrected chi connectivity index (χ4v) is 2.22. The van der Waals surface area contributed by atoms with Crippen LogP contribution in [0.25, 0.3) is 0 Å². The van der Waals surface area contributed by atoms with E-state index in [9.17, 15) is 0 Å². The summed E-state index contributed by atoms with van der Waals surface area (Å²) < 4.78 is 0. The smallest absolute Gasteiger partial charge is 0.0543 e. The molecule has 1 aromatic rings. The normalized spacial score (nSPS) is 13.4. The highest BCUT2D eigenvalue weighted by molar-refractivity contribution is 7.10. The summed E-state index contributed by atoms with van der Waals surface area (Å²) in [5, 5.41) is 5.72. The summed E-state index contributed by atoms with van der Waals surface area (Å²) in [7, 11) is 4.24. The maximum absolute atomic E-state index is 3.57. The van der Waals surface area contributed by atoms with Gasteiger partial charge < -0.3 is 10.2 Å². The Morgan fingerprint density at radius 1 is 1.50 bits per heavy atom. The predicted molar refractivity (Wildman–Crippen MR) is 63.9 cm³/mol. The second kappa shape index (κ2) is 6.17. The zero-order valence-corrected chi connectivity index (χ0v) is 10.1. The molecule has 3 heteroatoms. The van der Waals surface area contributed by atoms with E-state index < -0.39 is 0 Å². The van der Waals surface area contributed by atoms with E-state index in [1.165, 1.54) is 11.3 Å². The molecule has 0 saturated carbocycles. The van der Waals surface area contributed by atoms with Crippen LogP contribution in [-0.2, 0) is 0 Å². The van der Waals surface area contributed by atoms with Gasteiger partial charge >= 0.3 is 0 Å². The molecule has 0 fully saturated rings. The minimum atomic E-state index is 0.491. The maximum Gasteiger partial charge on any atom is 0.0543 e. The average Bonchev–Trinajstić information content (AvgIpc) is 2.64. The molecule has 1 unspecified atom stereocenters. The lowest BCUT2D eigenvalue weighted by Gasteiger charge is -2.21. The van der Waals surface area contributed by atoms with Crippen LogP contribution in [-0.4, -0.2) is 32.1 Å². The lowest BCUT2D eigenvalue weighted by atomic mass is 10.2. The second-order valence-electron chi connectivity index (χ2n) is 3.78. The molecule has 1 rings (SSSR count). The largest absolute Gasteiger partial charge is 0.308 e. The molecule has 14 heavy (non-hydrogen) atoms. The zero-order chi connectivity index (χ0) is 10.4. The van der Waals surface area contributed by atoms with E-state index in [4.69, 9.17) is 0 Å². The van der Waals surface area contributed by atoms with Crippen LogP contribution < -0.4 is 5.32 Å². The van der Waals surface area contributed by atoms with Crippen molar-refractivity contribution in [3.8, 4) is 0 Å². The molecule has 2 nitrogen and oxygen atoms in total. The Bertz CT molecular complexity index is 231. The van der Waals surface area contributed by atoms with Crippen LogP contribution >= 0.6 is 11.3 Å². The molecule has 0 aliphatic rings. The summed E-state index contributed by atoms with van der Waals surface area (Å²) in [4.78, 5) is 3.67. The summed E-state index contributed by atoms with van der Waals surface area (Å²) in [5.74, 6) is 0. The van der Waals surface area contributed by atoms with Gasteiger partial charge in [-0.05, 0) is 38.5 Å². The molecule has 0 aliphatic carbocycles. The highest BCUT2D eigenvalue weighted by Gasteiger charge is 2.11. The molecule has 0 aromatic carbocycles. The van der Waals surface area contributed by atoms with Crippen molar-refractivity contribution in [1.82, 2.24) is 10.2 Å². The van der Waals surface area contributed by atoms with Crippen molar-refractivity contribution in [1.29, 1.82) is 0 Å². The van der Waals surface area contributed by atoms with Gasteiger partial charge in [-0.25, -0.2) is 0 Å². The van der Waals surface area contributed by atoms with Crippen molar-refractivity contribution < 1.29 is 0 Å². The monoisotopic (exact) mass is 212 g/mol. The number of thiophene rings is 1. The van der Waals surface area contributed by atoms with Gasteiger partial charge in [-0.1, -0.05) is 13.0 Å². The van der Waals surface area contributed by atoms with Crippen LogP contribution in [0.1, 0.15) is 24.3 Å². The van der Waals surface area contributed by atoms with E-state index in [1.807, 2.05) is 11.3 Å². The predicted octanol–water partition coefficient (Wildman–Crippen LogP) is 2.35. The Labute approximate surface area is 90.9 Å². The fraction of sp³-hybridized carbons (Fsp3) is 0.636. The molecular weight excluding hydrogens is 192 g/mol. The van der Waals surface area contributed by atoms with Crippen LogP contribution in [0.3, 0.4) is 0 Å². The van der Waals surface area contributed by atoms with E-state index in [-0.39, 0.29) is 0 Å². The lowest BCUT2D eigenvalue weighted by molar-refractivity contribution is 0.345. The molecule has 1 aromatic heterocycles. The molecule has 0 saturated heterocycles. The molecule has 0 spiro atoms. The van der Waals surface area contributed by atoms with E-state index in [1.54, 1.807) is 0 Å². The SMILES string of the molecule is CCCNC(CN(C)C)c1cccs1. The van der Waals surface area contributed by atoms with Gasteiger partial charge in [-0.15, -0.1) is 11.3 Å². The van der Waals surface area contributed by atoms with Gasteiger partial charge in [0.1, 0.15) is 0 Å². The molecular formula is C11H20N2S. The van der Waals surface area contributed by atoms with E-state index in [0.29, 0.717) is 6.04 Å². The molecule has 0 bridgehead atoms.